The predicted octanol–water partition coefficient (Wildman–Crippen LogP) is 4.24. The fraction of sp³-hybridized carbons (Fsp3) is 0.348. The number of benzene rings is 2. The van der Waals surface area contributed by atoms with Crippen LogP contribution in [0.5, 0.6) is 0 Å². The molecule has 0 amide bonds. The van der Waals surface area contributed by atoms with Crippen molar-refractivity contribution in [3.05, 3.63) is 66.4 Å². The Kier molecular flexibility index (Phi) is 5.63. The van der Waals surface area contributed by atoms with Crippen molar-refractivity contribution < 1.29 is 4.52 Å². The third-order valence-corrected chi connectivity index (χ3v) is 5.62. The van der Waals surface area contributed by atoms with E-state index >= 15 is 0 Å². The van der Waals surface area contributed by atoms with Crippen LogP contribution in [0.25, 0.3) is 11.3 Å². The van der Waals surface area contributed by atoms with Gasteiger partial charge in [-0.2, -0.15) is 0 Å². The molecule has 1 atom stereocenters. The molecular formula is C23H28N4O. The van der Waals surface area contributed by atoms with Gasteiger partial charge in [0.15, 0.2) is 5.76 Å². The van der Waals surface area contributed by atoms with Crippen LogP contribution in [-0.4, -0.2) is 42.8 Å². The number of nitrogens with zero attached hydrogens (tertiary/aromatic N) is 3. The zero-order valence-corrected chi connectivity index (χ0v) is 16.4. The van der Waals surface area contributed by atoms with Crippen LogP contribution in [0.2, 0.25) is 0 Å². The third kappa shape index (κ3) is 4.04. The van der Waals surface area contributed by atoms with Gasteiger partial charge in [0.2, 0.25) is 0 Å². The number of hydrogen-bond acceptors (Lipinski definition) is 5. The van der Waals surface area contributed by atoms with Gasteiger partial charge >= 0.3 is 0 Å². The van der Waals surface area contributed by atoms with Gasteiger partial charge in [0.05, 0.1) is 0 Å². The molecule has 5 heteroatoms. The summed E-state index contributed by atoms with van der Waals surface area (Å²) >= 11 is 0. The van der Waals surface area contributed by atoms with Crippen LogP contribution in [0.1, 0.15) is 25.0 Å². The number of aromatic nitrogens is 1. The van der Waals surface area contributed by atoms with E-state index in [9.17, 15) is 0 Å². The standard InChI is InChI=1S/C23H28N4O/c1-18(23-21(24)22(25-28-23)19-8-4-2-5-9-19)12-13-26-14-16-27(17-15-26)20-10-6-3-7-11-20/h2-11,18H,12-17,24H2,1H3. The van der Waals surface area contributed by atoms with E-state index in [0.29, 0.717) is 5.69 Å². The number of anilines is 2. The maximum Gasteiger partial charge on any atom is 0.163 e. The Bertz CT molecular complexity index is 870. The number of piperazine rings is 1. The van der Waals surface area contributed by atoms with Gasteiger partial charge < -0.3 is 15.2 Å². The lowest BCUT2D eigenvalue weighted by Gasteiger charge is -2.36. The zero-order chi connectivity index (χ0) is 19.3. The van der Waals surface area contributed by atoms with E-state index in [0.717, 1.165) is 56.2 Å². The Balaban J connectivity index is 1.31. The van der Waals surface area contributed by atoms with Crippen molar-refractivity contribution in [2.45, 2.75) is 19.3 Å². The van der Waals surface area contributed by atoms with Crippen molar-refractivity contribution in [2.24, 2.45) is 0 Å². The van der Waals surface area contributed by atoms with E-state index in [4.69, 9.17) is 10.3 Å². The van der Waals surface area contributed by atoms with Crippen molar-refractivity contribution >= 4 is 11.4 Å². The van der Waals surface area contributed by atoms with Crippen LogP contribution >= 0.6 is 0 Å². The smallest absolute Gasteiger partial charge is 0.163 e. The lowest BCUT2D eigenvalue weighted by Crippen LogP contribution is -2.46. The number of para-hydroxylation sites is 1. The zero-order valence-electron chi connectivity index (χ0n) is 16.4. The van der Waals surface area contributed by atoms with Gasteiger partial charge in [0.25, 0.3) is 0 Å². The van der Waals surface area contributed by atoms with Gasteiger partial charge in [-0.15, -0.1) is 0 Å². The molecule has 28 heavy (non-hydrogen) atoms. The first-order valence-corrected chi connectivity index (χ1v) is 10.0. The average Bonchev–Trinajstić information content (AvgIpc) is 3.15. The maximum atomic E-state index is 6.35. The Morgan fingerprint density at radius 1 is 0.964 bits per heavy atom. The molecule has 0 radical (unpaired) electrons. The van der Waals surface area contributed by atoms with Gasteiger partial charge in [0.1, 0.15) is 11.4 Å². The molecule has 0 saturated carbocycles. The molecule has 2 heterocycles. The van der Waals surface area contributed by atoms with Gasteiger partial charge in [-0.3, -0.25) is 4.90 Å². The van der Waals surface area contributed by atoms with Crippen LogP contribution in [-0.2, 0) is 0 Å². The quantitative estimate of drug-likeness (QED) is 0.697. The maximum absolute atomic E-state index is 6.35. The van der Waals surface area contributed by atoms with E-state index < -0.39 is 0 Å². The van der Waals surface area contributed by atoms with E-state index in [1.807, 2.05) is 30.3 Å². The largest absolute Gasteiger partial charge is 0.394 e. The highest BCUT2D eigenvalue weighted by molar-refractivity contribution is 5.73. The lowest BCUT2D eigenvalue weighted by atomic mass is 10.0. The second-order valence-electron chi connectivity index (χ2n) is 7.53. The lowest BCUT2D eigenvalue weighted by molar-refractivity contribution is 0.243. The molecule has 0 spiro atoms. The van der Waals surface area contributed by atoms with Crippen molar-refractivity contribution in [1.29, 1.82) is 0 Å². The molecule has 0 aliphatic carbocycles. The number of hydrogen-bond donors (Lipinski definition) is 1. The van der Waals surface area contributed by atoms with Crippen LogP contribution in [0.4, 0.5) is 11.4 Å². The minimum atomic E-state index is 0.247. The molecule has 2 aromatic carbocycles. The van der Waals surface area contributed by atoms with Crippen molar-refractivity contribution in [3.8, 4) is 11.3 Å². The molecular weight excluding hydrogens is 348 g/mol. The number of nitrogen functional groups attached to an aromatic ring is 1. The highest BCUT2D eigenvalue weighted by Crippen LogP contribution is 2.33. The SMILES string of the molecule is CC(CCN1CCN(c2ccccc2)CC1)c1onc(-c2ccccc2)c1N. The van der Waals surface area contributed by atoms with Crippen LogP contribution < -0.4 is 10.6 Å². The minimum Gasteiger partial charge on any atom is -0.394 e. The average molecular weight is 377 g/mol. The Labute approximate surface area is 166 Å². The van der Waals surface area contributed by atoms with E-state index in [-0.39, 0.29) is 5.92 Å². The molecule has 1 fully saturated rings. The summed E-state index contributed by atoms with van der Waals surface area (Å²) in [6.45, 7) is 7.53. The Hall–Kier alpha value is -2.79. The molecule has 4 rings (SSSR count). The van der Waals surface area contributed by atoms with Gasteiger partial charge in [-0.25, -0.2) is 0 Å². The highest BCUT2D eigenvalue weighted by Gasteiger charge is 2.22. The summed E-state index contributed by atoms with van der Waals surface area (Å²) in [6, 6.07) is 20.6. The van der Waals surface area contributed by atoms with E-state index in [2.05, 4.69) is 52.2 Å². The summed E-state index contributed by atoms with van der Waals surface area (Å²) in [5.41, 5.74) is 10.1. The van der Waals surface area contributed by atoms with Gasteiger partial charge in [-0.05, 0) is 25.1 Å². The number of nitrogens with two attached hydrogens (primary N) is 1. The van der Waals surface area contributed by atoms with Gasteiger partial charge in [0, 0.05) is 43.3 Å². The summed E-state index contributed by atoms with van der Waals surface area (Å²) in [4.78, 5) is 4.99. The van der Waals surface area contributed by atoms with Crippen molar-refractivity contribution in [3.63, 3.8) is 0 Å². The van der Waals surface area contributed by atoms with Crippen LogP contribution in [0.3, 0.4) is 0 Å². The summed E-state index contributed by atoms with van der Waals surface area (Å²) in [7, 11) is 0. The Morgan fingerprint density at radius 2 is 1.61 bits per heavy atom. The fourth-order valence-corrected chi connectivity index (χ4v) is 3.85. The summed E-state index contributed by atoms with van der Waals surface area (Å²) in [5, 5.41) is 4.23. The minimum absolute atomic E-state index is 0.247. The molecule has 2 N–H and O–H groups in total. The first-order chi connectivity index (χ1) is 13.7. The molecule has 5 nitrogen and oxygen atoms in total. The first kappa shape index (κ1) is 18.6. The molecule has 1 aromatic heterocycles. The normalized spacial score (nSPS) is 16.2. The molecule has 1 unspecified atom stereocenters. The fourth-order valence-electron chi connectivity index (χ4n) is 3.85. The van der Waals surface area contributed by atoms with Crippen LogP contribution in [0.15, 0.2) is 65.2 Å². The molecule has 1 aliphatic heterocycles. The summed E-state index contributed by atoms with van der Waals surface area (Å²) in [6.07, 6.45) is 1.01. The third-order valence-electron chi connectivity index (χ3n) is 5.62. The van der Waals surface area contributed by atoms with Crippen molar-refractivity contribution in [2.75, 3.05) is 43.4 Å². The summed E-state index contributed by atoms with van der Waals surface area (Å²) in [5.74, 6) is 1.05. The van der Waals surface area contributed by atoms with Crippen molar-refractivity contribution in [1.82, 2.24) is 10.1 Å². The summed E-state index contributed by atoms with van der Waals surface area (Å²) < 4.78 is 5.62. The Morgan fingerprint density at radius 3 is 2.29 bits per heavy atom. The highest BCUT2D eigenvalue weighted by atomic mass is 16.5. The molecule has 146 valence electrons. The molecule has 3 aromatic rings. The molecule has 0 bridgehead atoms. The monoisotopic (exact) mass is 376 g/mol. The second kappa shape index (κ2) is 8.48. The van der Waals surface area contributed by atoms with Gasteiger partial charge in [-0.1, -0.05) is 60.6 Å². The van der Waals surface area contributed by atoms with Crippen LogP contribution in [0, 0.1) is 0 Å². The first-order valence-electron chi connectivity index (χ1n) is 10.0. The number of rotatable bonds is 6. The topological polar surface area (TPSA) is 58.5 Å². The van der Waals surface area contributed by atoms with E-state index in [1.54, 1.807) is 0 Å². The second-order valence-corrected chi connectivity index (χ2v) is 7.53. The van der Waals surface area contributed by atoms with E-state index in [1.165, 1.54) is 5.69 Å². The molecule has 1 aliphatic rings. The predicted molar refractivity (Wildman–Crippen MR) is 114 cm³/mol. The molecule has 1 saturated heterocycles.